The van der Waals surface area contributed by atoms with Gasteiger partial charge >= 0.3 is 5.97 Å². The number of aliphatic carboxylic acids is 1. The van der Waals surface area contributed by atoms with Gasteiger partial charge in [-0.25, -0.2) is 4.79 Å². The molecule has 2 N–H and O–H groups in total. The zero-order chi connectivity index (χ0) is 8.73. The third-order valence-electron chi connectivity index (χ3n) is 0.357. The first-order valence-corrected chi connectivity index (χ1v) is 2.36. The van der Waals surface area contributed by atoms with E-state index in [0.717, 1.165) is 7.05 Å². The molecule has 6 nitrogen and oxygen atoms in total. The van der Waals surface area contributed by atoms with Crippen LogP contribution in [0.1, 0.15) is 6.92 Å². The largest absolute Gasteiger partial charge is 0.479 e. The van der Waals surface area contributed by atoms with Crippen LogP contribution in [0.3, 0.4) is 0 Å². The molecule has 0 aliphatic carbocycles. The molecule has 0 aromatic rings. The van der Waals surface area contributed by atoms with Crippen molar-refractivity contribution in [2.75, 3.05) is 7.05 Å². The SMILES string of the molecule is C[C@H](O)C(=O)O.C[N+](=O)[O-]. The minimum Gasteiger partial charge on any atom is -0.479 e. The van der Waals surface area contributed by atoms with Gasteiger partial charge in [0.25, 0.3) is 0 Å². The summed E-state index contributed by atoms with van der Waals surface area (Å²) < 4.78 is 0. The Labute approximate surface area is 57.2 Å². The van der Waals surface area contributed by atoms with Crippen LogP contribution in [0.5, 0.6) is 0 Å². The Bertz CT molecular complexity index is 117. The fourth-order valence-electron chi connectivity index (χ4n) is 0. The van der Waals surface area contributed by atoms with E-state index in [-0.39, 0.29) is 0 Å². The van der Waals surface area contributed by atoms with Gasteiger partial charge in [-0.15, -0.1) is 0 Å². The first kappa shape index (κ1) is 11.6. The average molecular weight is 151 g/mol. The van der Waals surface area contributed by atoms with E-state index in [2.05, 4.69) is 0 Å². The Morgan fingerprint density at radius 2 is 1.80 bits per heavy atom. The van der Waals surface area contributed by atoms with Gasteiger partial charge < -0.3 is 10.2 Å². The van der Waals surface area contributed by atoms with Crippen molar-refractivity contribution < 1.29 is 19.9 Å². The van der Waals surface area contributed by atoms with Crippen LogP contribution >= 0.6 is 0 Å². The van der Waals surface area contributed by atoms with Crippen molar-refractivity contribution in [1.29, 1.82) is 0 Å². The molecule has 0 spiro atoms. The molecule has 60 valence electrons. The van der Waals surface area contributed by atoms with Crippen LogP contribution in [0, 0.1) is 10.1 Å². The number of hydrogen-bond donors (Lipinski definition) is 2. The average Bonchev–Trinajstić information content (AvgIpc) is 1.63. The molecule has 0 aliphatic heterocycles. The second-order valence-electron chi connectivity index (χ2n) is 1.45. The van der Waals surface area contributed by atoms with E-state index in [9.17, 15) is 4.79 Å². The highest BCUT2D eigenvalue weighted by atomic mass is 16.6. The first-order chi connectivity index (χ1) is 4.37. The molecule has 0 saturated carbocycles. The lowest BCUT2D eigenvalue weighted by Gasteiger charge is -1.89. The molecule has 1 atom stereocenters. The minimum atomic E-state index is -1.23. The van der Waals surface area contributed by atoms with E-state index in [1.165, 1.54) is 6.92 Å². The van der Waals surface area contributed by atoms with Crippen LogP contribution in [0.4, 0.5) is 0 Å². The highest BCUT2D eigenvalue weighted by Crippen LogP contribution is 1.73. The van der Waals surface area contributed by atoms with Gasteiger partial charge in [-0.3, -0.25) is 10.1 Å². The number of nitrogens with zero attached hydrogens (tertiary/aromatic N) is 1. The number of carboxylic acid groups (broad SMARTS) is 1. The molecule has 0 rings (SSSR count). The van der Waals surface area contributed by atoms with Crippen molar-refractivity contribution in [3.8, 4) is 0 Å². The van der Waals surface area contributed by atoms with Crippen LogP contribution in [0.15, 0.2) is 0 Å². The number of rotatable bonds is 1. The van der Waals surface area contributed by atoms with E-state index in [1.807, 2.05) is 0 Å². The molecule has 0 radical (unpaired) electrons. The Hall–Kier alpha value is -1.17. The van der Waals surface area contributed by atoms with E-state index in [1.54, 1.807) is 0 Å². The predicted molar refractivity (Wildman–Crippen MR) is 32.2 cm³/mol. The fraction of sp³-hybridized carbons (Fsp3) is 0.750. The molecule has 6 heteroatoms. The summed E-state index contributed by atoms with van der Waals surface area (Å²) in [5.74, 6) is -1.19. The van der Waals surface area contributed by atoms with Crippen molar-refractivity contribution >= 4 is 5.97 Å². The third-order valence-corrected chi connectivity index (χ3v) is 0.357. The van der Waals surface area contributed by atoms with Crippen LogP contribution < -0.4 is 0 Å². The van der Waals surface area contributed by atoms with E-state index >= 15 is 0 Å². The van der Waals surface area contributed by atoms with E-state index in [0.29, 0.717) is 0 Å². The van der Waals surface area contributed by atoms with Crippen LogP contribution in [0.2, 0.25) is 0 Å². The predicted octanol–water partition coefficient (Wildman–Crippen LogP) is -0.655. The quantitative estimate of drug-likeness (QED) is 0.383. The van der Waals surface area contributed by atoms with Crippen LogP contribution in [0.25, 0.3) is 0 Å². The van der Waals surface area contributed by atoms with Gasteiger partial charge in [0, 0.05) is 4.92 Å². The summed E-state index contributed by atoms with van der Waals surface area (Å²) in [6, 6.07) is 0. The Balaban J connectivity index is 0. The standard InChI is InChI=1S/C3H6O3.CH3NO2/c1-2(4)3(5)6;1-2(3)4/h2,4H,1H3,(H,5,6);1H3/t2-;/m0./s1. The molecule has 0 saturated heterocycles. The highest BCUT2D eigenvalue weighted by Gasteiger charge is 2.01. The molecular weight excluding hydrogens is 142 g/mol. The second kappa shape index (κ2) is 5.96. The second-order valence-corrected chi connectivity index (χ2v) is 1.45. The lowest BCUT2D eigenvalue weighted by molar-refractivity contribution is -0.445. The van der Waals surface area contributed by atoms with Gasteiger partial charge in [0.2, 0.25) is 0 Å². The Morgan fingerprint density at radius 3 is 1.80 bits per heavy atom. The van der Waals surface area contributed by atoms with Crippen molar-refractivity contribution in [3.05, 3.63) is 10.1 Å². The molecule has 0 heterocycles. The first-order valence-electron chi connectivity index (χ1n) is 2.36. The summed E-state index contributed by atoms with van der Waals surface area (Å²) in [6.07, 6.45) is -1.23. The summed E-state index contributed by atoms with van der Waals surface area (Å²) in [7, 11) is 0.889. The summed E-state index contributed by atoms with van der Waals surface area (Å²) in [6.45, 7) is 1.20. The molecule has 0 aliphatic rings. The zero-order valence-electron chi connectivity index (χ0n) is 5.64. The van der Waals surface area contributed by atoms with Crippen molar-refractivity contribution in [2.45, 2.75) is 13.0 Å². The highest BCUT2D eigenvalue weighted by molar-refractivity contribution is 5.71. The number of aliphatic hydroxyl groups excluding tert-OH is 1. The monoisotopic (exact) mass is 151 g/mol. The van der Waals surface area contributed by atoms with Crippen LogP contribution in [-0.2, 0) is 4.79 Å². The number of hydrogen-bond acceptors (Lipinski definition) is 4. The number of carboxylic acids is 1. The van der Waals surface area contributed by atoms with E-state index < -0.39 is 17.0 Å². The zero-order valence-corrected chi connectivity index (χ0v) is 5.64. The maximum atomic E-state index is 9.45. The molecule has 0 fully saturated rings. The van der Waals surface area contributed by atoms with Crippen molar-refractivity contribution in [1.82, 2.24) is 0 Å². The Kier molecular flexibility index (Phi) is 6.91. The normalized spacial score (nSPS) is 10.7. The molecule has 0 aromatic carbocycles. The number of carbonyl (C=O) groups is 1. The van der Waals surface area contributed by atoms with E-state index in [4.69, 9.17) is 20.3 Å². The lowest BCUT2D eigenvalue weighted by atomic mass is 10.4. The smallest absolute Gasteiger partial charge is 0.332 e. The summed E-state index contributed by atoms with van der Waals surface area (Å²) >= 11 is 0. The van der Waals surface area contributed by atoms with Gasteiger partial charge in [-0.1, -0.05) is 0 Å². The van der Waals surface area contributed by atoms with Gasteiger partial charge in [-0.05, 0) is 6.92 Å². The third kappa shape index (κ3) is 29.0. The van der Waals surface area contributed by atoms with Gasteiger partial charge in [0.1, 0.15) is 6.10 Å². The topological polar surface area (TPSA) is 101 Å². The molecule has 0 bridgehead atoms. The lowest BCUT2D eigenvalue weighted by Crippen LogP contribution is -2.13. The number of aliphatic hydroxyl groups is 1. The van der Waals surface area contributed by atoms with Crippen molar-refractivity contribution in [3.63, 3.8) is 0 Å². The van der Waals surface area contributed by atoms with Crippen molar-refractivity contribution in [2.24, 2.45) is 0 Å². The maximum absolute atomic E-state index is 9.45. The maximum Gasteiger partial charge on any atom is 0.332 e. The van der Waals surface area contributed by atoms with Gasteiger partial charge in [-0.2, -0.15) is 0 Å². The van der Waals surface area contributed by atoms with Crippen LogP contribution in [-0.4, -0.2) is 34.3 Å². The van der Waals surface area contributed by atoms with Gasteiger partial charge in [0.05, 0.1) is 0 Å². The molecule has 0 aromatic heterocycles. The molecule has 10 heavy (non-hydrogen) atoms. The summed E-state index contributed by atoms with van der Waals surface area (Å²) in [5, 5.41) is 24.6. The minimum absolute atomic E-state index is 0.500. The Morgan fingerprint density at radius 1 is 1.70 bits per heavy atom. The molecule has 0 amide bonds. The summed E-state index contributed by atoms with van der Waals surface area (Å²) in [5.41, 5.74) is 0. The summed E-state index contributed by atoms with van der Waals surface area (Å²) in [4.78, 5) is 17.8. The molecule has 0 unspecified atom stereocenters. The fourth-order valence-corrected chi connectivity index (χ4v) is 0. The van der Waals surface area contributed by atoms with Gasteiger partial charge in [0.15, 0.2) is 7.05 Å². The number of nitro groups is 1. The molecular formula is C4H9NO5.